The Morgan fingerprint density at radius 3 is 2.70 bits per heavy atom. The first-order chi connectivity index (χ1) is 9.69. The fourth-order valence-electron chi connectivity index (χ4n) is 2.96. The third kappa shape index (κ3) is 4.82. The van der Waals surface area contributed by atoms with Crippen LogP contribution in [0.15, 0.2) is 18.2 Å². The third-order valence-corrected chi connectivity index (χ3v) is 5.45. The van der Waals surface area contributed by atoms with Crippen LogP contribution in [0.3, 0.4) is 0 Å². The molecule has 0 saturated heterocycles. The molecule has 2 heteroatoms. The summed E-state index contributed by atoms with van der Waals surface area (Å²) in [5, 5.41) is 3.65. The van der Waals surface area contributed by atoms with Crippen LogP contribution in [0.2, 0.25) is 0 Å². The minimum Gasteiger partial charge on any atom is -0.313 e. The van der Waals surface area contributed by atoms with Crippen LogP contribution in [0.4, 0.5) is 0 Å². The van der Waals surface area contributed by atoms with E-state index >= 15 is 0 Å². The van der Waals surface area contributed by atoms with Crippen molar-refractivity contribution in [1.29, 1.82) is 0 Å². The van der Waals surface area contributed by atoms with Crippen LogP contribution in [0, 0.1) is 5.92 Å². The monoisotopic (exact) mass is 291 g/mol. The van der Waals surface area contributed by atoms with Crippen LogP contribution in [0.1, 0.15) is 43.9 Å². The Hall–Kier alpha value is -0.470. The van der Waals surface area contributed by atoms with Crippen molar-refractivity contribution in [2.24, 2.45) is 5.92 Å². The van der Waals surface area contributed by atoms with Crippen molar-refractivity contribution in [2.75, 3.05) is 18.1 Å². The lowest BCUT2D eigenvalue weighted by atomic mass is 10.0. The lowest BCUT2D eigenvalue weighted by Crippen LogP contribution is -2.33. The van der Waals surface area contributed by atoms with Gasteiger partial charge in [-0.25, -0.2) is 0 Å². The van der Waals surface area contributed by atoms with Crippen molar-refractivity contribution in [3.8, 4) is 0 Å². The number of fused-ring (bicyclic) bond motifs is 1. The Balaban J connectivity index is 1.89. The molecule has 1 atom stereocenters. The molecule has 1 aliphatic rings. The minimum atomic E-state index is 0.614. The molecule has 1 N–H and O–H groups in total. The summed E-state index contributed by atoms with van der Waals surface area (Å²) in [7, 11) is 0. The second-order valence-corrected chi connectivity index (χ2v) is 7.42. The molecule has 1 unspecified atom stereocenters. The van der Waals surface area contributed by atoms with E-state index in [-0.39, 0.29) is 0 Å². The largest absolute Gasteiger partial charge is 0.313 e. The zero-order chi connectivity index (χ0) is 14.4. The minimum absolute atomic E-state index is 0.614. The summed E-state index contributed by atoms with van der Waals surface area (Å²) in [6.07, 6.45) is 5.10. The van der Waals surface area contributed by atoms with Crippen LogP contribution >= 0.6 is 11.8 Å². The summed E-state index contributed by atoms with van der Waals surface area (Å²) >= 11 is 2.09. The van der Waals surface area contributed by atoms with Gasteiger partial charge in [0, 0.05) is 11.8 Å². The summed E-state index contributed by atoms with van der Waals surface area (Å²) in [6.45, 7) is 7.88. The average molecular weight is 292 g/mol. The molecule has 0 saturated carbocycles. The van der Waals surface area contributed by atoms with Gasteiger partial charge < -0.3 is 5.32 Å². The smallest absolute Gasteiger partial charge is 0.0198 e. The van der Waals surface area contributed by atoms with Gasteiger partial charge in [-0.2, -0.15) is 11.8 Å². The number of thioether (sulfide) groups is 1. The molecular weight excluding hydrogens is 262 g/mol. The van der Waals surface area contributed by atoms with Gasteiger partial charge in [-0.3, -0.25) is 0 Å². The van der Waals surface area contributed by atoms with Gasteiger partial charge in [0.05, 0.1) is 0 Å². The van der Waals surface area contributed by atoms with E-state index in [1.165, 1.54) is 42.8 Å². The van der Waals surface area contributed by atoms with Crippen LogP contribution in [-0.2, 0) is 19.3 Å². The molecule has 0 fully saturated rings. The van der Waals surface area contributed by atoms with E-state index in [9.17, 15) is 0 Å². The third-order valence-electron chi connectivity index (χ3n) is 3.91. The molecule has 0 heterocycles. The standard InChI is InChI=1S/C18H29NS/c1-4-19-18(13-20-12-14(2)3)11-15-8-9-16-6-5-7-17(16)10-15/h8-10,14,18-19H,4-7,11-13H2,1-3H3. The van der Waals surface area contributed by atoms with Crippen molar-refractivity contribution < 1.29 is 0 Å². The molecule has 112 valence electrons. The number of hydrogen-bond donors (Lipinski definition) is 1. The number of likely N-dealkylation sites (N-methyl/N-ethyl adjacent to an activating group) is 1. The molecule has 0 radical (unpaired) electrons. The molecule has 0 aromatic heterocycles. The van der Waals surface area contributed by atoms with E-state index in [0.29, 0.717) is 6.04 Å². The normalized spacial score (nSPS) is 15.6. The number of hydrogen-bond acceptors (Lipinski definition) is 2. The molecule has 2 rings (SSSR count). The van der Waals surface area contributed by atoms with Crippen molar-refractivity contribution in [2.45, 2.75) is 52.5 Å². The maximum absolute atomic E-state index is 3.65. The number of benzene rings is 1. The summed E-state index contributed by atoms with van der Waals surface area (Å²) in [6, 6.07) is 7.78. The van der Waals surface area contributed by atoms with E-state index in [2.05, 4.69) is 56.0 Å². The molecular formula is C18H29NS. The molecule has 1 aliphatic carbocycles. The van der Waals surface area contributed by atoms with Crippen LogP contribution in [0.5, 0.6) is 0 Å². The highest BCUT2D eigenvalue weighted by Gasteiger charge is 2.13. The topological polar surface area (TPSA) is 12.0 Å². The average Bonchev–Trinajstić information content (AvgIpc) is 2.86. The van der Waals surface area contributed by atoms with Crippen molar-refractivity contribution in [3.63, 3.8) is 0 Å². The summed E-state index contributed by atoms with van der Waals surface area (Å²) in [5.41, 5.74) is 4.71. The maximum atomic E-state index is 3.65. The van der Waals surface area contributed by atoms with E-state index in [1.54, 1.807) is 11.1 Å². The van der Waals surface area contributed by atoms with Gasteiger partial charge in [-0.05, 0) is 60.6 Å². The predicted molar refractivity (Wildman–Crippen MR) is 91.8 cm³/mol. The highest BCUT2D eigenvalue weighted by molar-refractivity contribution is 7.99. The molecule has 1 nitrogen and oxygen atoms in total. The highest BCUT2D eigenvalue weighted by atomic mass is 32.2. The van der Waals surface area contributed by atoms with Gasteiger partial charge in [-0.1, -0.05) is 39.0 Å². The zero-order valence-corrected chi connectivity index (χ0v) is 14.1. The summed E-state index contributed by atoms with van der Waals surface area (Å²) in [4.78, 5) is 0. The van der Waals surface area contributed by atoms with E-state index in [4.69, 9.17) is 0 Å². The molecule has 0 bridgehead atoms. The van der Waals surface area contributed by atoms with Crippen LogP contribution < -0.4 is 5.32 Å². The second-order valence-electron chi connectivity index (χ2n) is 6.35. The number of nitrogens with one attached hydrogen (secondary N) is 1. The molecule has 0 aliphatic heterocycles. The number of rotatable bonds is 8. The number of aryl methyl sites for hydroxylation is 2. The Bertz CT molecular complexity index is 414. The fourth-order valence-corrected chi connectivity index (χ4v) is 4.09. The molecule has 20 heavy (non-hydrogen) atoms. The Morgan fingerprint density at radius 2 is 1.95 bits per heavy atom. The maximum Gasteiger partial charge on any atom is 0.0198 e. The molecule has 1 aromatic rings. The van der Waals surface area contributed by atoms with Crippen molar-refractivity contribution >= 4 is 11.8 Å². The van der Waals surface area contributed by atoms with Gasteiger partial charge in [-0.15, -0.1) is 0 Å². The fraction of sp³-hybridized carbons (Fsp3) is 0.667. The zero-order valence-electron chi connectivity index (χ0n) is 13.2. The summed E-state index contributed by atoms with van der Waals surface area (Å²) in [5.74, 6) is 3.29. The first-order valence-corrected chi connectivity index (χ1v) is 9.26. The quantitative estimate of drug-likeness (QED) is 0.774. The lowest BCUT2D eigenvalue weighted by Gasteiger charge is -2.19. The summed E-state index contributed by atoms with van der Waals surface area (Å²) < 4.78 is 0. The highest BCUT2D eigenvalue weighted by Crippen LogP contribution is 2.23. The van der Waals surface area contributed by atoms with Crippen LogP contribution in [-0.4, -0.2) is 24.1 Å². The van der Waals surface area contributed by atoms with E-state index in [0.717, 1.165) is 12.5 Å². The molecule has 0 amide bonds. The second kappa shape index (κ2) is 8.09. The van der Waals surface area contributed by atoms with Gasteiger partial charge in [0.25, 0.3) is 0 Å². The predicted octanol–water partition coefficient (Wildman–Crippen LogP) is 4.09. The lowest BCUT2D eigenvalue weighted by molar-refractivity contribution is 0.572. The van der Waals surface area contributed by atoms with Crippen LogP contribution in [0.25, 0.3) is 0 Å². The molecule has 1 aromatic carbocycles. The Kier molecular flexibility index (Phi) is 6.44. The van der Waals surface area contributed by atoms with Crippen molar-refractivity contribution in [3.05, 3.63) is 34.9 Å². The van der Waals surface area contributed by atoms with E-state index in [1.807, 2.05) is 0 Å². The van der Waals surface area contributed by atoms with Crippen molar-refractivity contribution in [1.82, 2.24) is 5.32 Å². The van der Waals surface area contributed by atoms with Gasteiger partial charge in [0.1, 0.15) is 0 Å². The van der Waals surface area contributed by atoms with Gasteiger partial charge >= 0.3 is 0 Å². The SMILES string of the molecule is CCNC(CSCC(C)C)Cc1ccc2c(c1)CCC2. The first-order valence-electron chi connectivity index (χ1n) is 8.10. The molecule has 0 spiro atoms. The van der Waals surface area contributed by atoms with E-state index < -0.39 is 0 Å². The Morgan fingerprint density at radius 1 is 1.15 bits per heavy atom. The Labute approximate surface area is 128 Å². The first kappa shape index (κ1) is 15.9. The van der Waals surface area contributed by atoms with Gasteiger partial charge in [0.15, 0.2) is 0 Å². The van der Waals surface area contributed by atoms with Gasteiger partial charge in [0.2, 0.25) is 0 Å².